The molecule has 6 heteroatoms. The smallest absolute Gasteiger partial charge is 0.137 e. The van der Waals surface area contributed by atoms with Gasteiger partial charge in [-0.15, -0.1) is 0 Å². The molecule has 21 heavy (non-hydrogen) atoms. The topological polar surface area (TPSA) is 55.6 Å². The number of pyridine rings is 1. The molecule has 3 rings (SSSR count). The van der Waals surface area contributed by atoms with Gasteiger partial charge in [0.05, 0.1) is 6.54 Å². The SMILES string of the molecule is Brc1cncc(CNc2cccc(Cn3cncn3)c2)c1. The summed E-state index contributed by atoms with van der Waals surface area (Å²) in [7, 11) is 0. The summed E-state index contributed by atoms with van der Waals surface area (Å²) in [6.07, 6.45) is 6.90. The van der Waals surface area contributed by atoms with Crippen LogP contribution in [-0.2, 0) is 13.1 Å². The first-order valence-corrected chi connectivity index (χ1v) is 7.33. The molecule has 0 radical (unpaired) electrons. The Morgan fingerprint density at radius 3 is 2.86 bits per heavy atom. The standard InChI is InChI=1S/C15H14BrN5/c16-14-4-13(6-17-8-14)7-19-15-3-1-2-12(5-15)9-21-11-18-10-20-21/h1-6,8,10-11,19H,7,9H2. The van der Waals surface area contributed by atoms with Gasteiger partial charge >= 0.3 is 0 Å². The third-order valence-electron chi connectivity index (χ3n) is 3.00. The van der Waals surface area contributed by atoms with E-state index in [2.05, 4.69) is 60.6 Å². The van der Waals surface area contributed by atoms with E-state index in [0.29, 0.717) is 6.54 Å². The van der Waals surface area contributed by atoms with Crippen molar-refractivity contribution in [2.75, 3.05) is 5.32 Å². The number of nitrogens with zero attached hydrogens (tertiary/aromatic N) is 4. The minimum Gasteiger partial charge on any atom is -0.381 e. The van der Waals surface area contributed by atoms with Crippen molar-refractivity contribution < 1.29 is 0 Å². The molecule has 0 aliphatic rings. The Bertz CT molecular complexity index is 712. The minimum atomic E-state index is 0.716. The first kappa shape index (κ1) is 13.8. The zero-order valence-corrected chi connectivity index (χ0v) is 12.9. The highest BCUT2D eigenvalue weighted by Crippen LogP contribution is 2.14. The zero-order chi connectivity index (χ0) is 14.5. The van der Waals surface area contributed by atoms with Gasteiger partial charge in [0.15, 0.2) is 0 Å². The Balaban J connectivity index is 1.66. The molecule has 1 N–H and O–H groups in total. The predicted octanol–water partition coefficient (Wildman–Crippen LogP) is 3.10. The highest BCUT2D eigenvalue weighted by Gasteiger charge is 1.99. The van der Waals surface area contributed by atoms with Crippen molar-refractivity contribution in [1.29, 1.82) is 0 Å². The van der Waals surface area contributed by atoms with Crippen LogP contribution in [0.1, 0.15) is 11.1 Å². The fourth-order valence-corrected chi connectivity index (χ4v) is 2.45. The molecule has 0 unspecified atom stereocenters. The second-order valence-corrected chi connectivity index (χ2v) is 5.57. The van der Waals surface area contributed by atoms with E-state index >= 15 is 0 Å². The number of halogens is 1. The molecular weight excluding hydrogens is 330 g/mol. The maximum absolute atomic E-state index is 4.16. The van der Waals surface area contributed by atoms with Gasteiger partial charge in [0.2, 0.25) is 0 Å². The highest BCUT2D eigenvalue weighted by atomic mass is 79.9. The number of aromatic nitrogens is 4. The number of hydrogen-bond acceptors (Lipinski definition) is 4. The van der Waals surface area contributed by atoms with E-state index in [1.165, 1.54) is 5.56 Å². The van der Waals surface area contributed by atoms with Crippen LogP contribution in [0.3, 0.4) is 0 Å². The van der Waals surface area contributed by atoms with Crippen molar-refractivity contribution >= 4 is 21.6 Å². The van der Waals surface area contributed by atoms with Crippen LogP contribution in [0, 0.1) is 0 Å². The second-order valence-electron chi connectivity index (χ2n) is 4.66. The molecule has 0 atom stereocenters. The maximum atomic E-state index is 4.16. The normalized spacial score (nSPS) is 10.5. The van der Waals surface area contributed by atoms with E-state index in [-0.39, 0.29) is 0 Å². The van der Waals surface area contributed by atoms with Crippen LogP contribution >= 0.6 is 15.9 Å². The Morgan fingerprint density at radius 2 is 2.05 bits per heavy atom. The molecule has 0 spiro atoms. The van der Waals surface area contributed by atoms with Gasteiger partial charge < -0.3 is 5.32 Å². The predicted molar refractivity (Wildman–Crippen MR) is 84.8 cm³/mol. The molecule has 2 heterocycles. The molecule has 0 bridgehead atoms. The molecule has 1 aromatic carbocycles. The fraction of sp³-hybridized carbons (Fsp3) is 0.133. The Morgan fingerprint density at radius 1 is 1.10 bits per heavy atom. The van der Waals surface area contributed by atoms with E-state index < -0.39 is 0 Å². The molecular formula is C15H14BrN5. The number of hydrogen-bond donors (Lipinski definition) is 1. The molecule has 2 aromatic heterocycles. The van der Waals surface area contributed by atoms with Crippen molar-refractivity contribution in [3.8, 4) is 0 Å². The molecule has 0 aliphatic carbocycles. The van der Waals surface area contributed by atoms with Gasteiger partial charge in [-0.1, -0.05) is 12.1 Å². The molecule has 0 aliphatic heterocycles. The van der Waals surface area contributed by atoms with Crippen LogP contribution in [-0.4, -0.2) is 19.7 Å². The van der Waals surface area contributed by atoms with Crippen LogP contribution in [0.25, 0.3) is 0 Å². The molecule has 0 fully saturated rings. The van der Waals surface area contributed by atoms with Gasteiger partial charge in [0.25, 0.3) is 0 Å². The third-order valence-corrected chi connectivity index (χ3v) is 3.43. The van der Waals surface area contributed by atoms with Crippen LogP contribution in [0.2, 0.25) is 0 Å². The van der Waals surface area contributed by atoms with Gasteiger partial charge in [-0.25, -0.2) is 9.67 Å². The lowest BCUT2D eigenvalue weighted by molar-refractivity contribution is 0.685. The first-order valence-electron chi connectivity index (χ1n) is 6.54. The van der Waals surface area contributed by atoms with Crippen molar-refractivity contribution in [2.45, 2.75) is 13.1 Å². The lowest BCUT2D eigenvalue weighted by Crippen LogP contribution is -2.03. The highest BCUT2D eigenvalue weighted by molar-refractivity contribution is 9.10. The molecule has 0 amide bonds. The van der Waals surface area contributed by atoms with Crippen molar-refractivity contribution in [1.82, 2.24) is 19.7 Å². The largest absolute Gasteiger partial charge is 0.381 e. The van der Waals surface area contributed by atoms with E-state index in [4.69, 9.17) is 0 Å². The Kier molecular flexibility index (Phi) is 4.25. The van der Waals surface area contributed by atoms with Gasteiger partial charge in [-0.3, -0.25) is 4.98 Å². The van der Waals surface area contributed by atoms with Gasteiger partial charge in [-0.05, 0) is 45.3 Å². The van der Waals surface area contributed by atoms with Crippen molar-refractivity contribution in [2.24, 2.45) is 0 Å². The van der Waals surface area contributed by atoms with Gasteiger partial charge in [0.1, 0.15) is 12.7 Å². The quantitative estimate of drug-likeness (QED) is 0.773. The minimum absolute atomic E-state index is 0.716. The van der Waals surface area contributed by atoms with E-state index in [1.807, 2.05) is 12.3 Å². The van der Waals surface area contributed by atoms with Crippen LogP contribution in [0.5, 0.6) is 0 Å². The molecule has 5 nitrogen and oxygen atoms in total. The van der Waals surface area contributed by atoms with Crippen LogP contribution in [0.4, 0.5) is 5.69 Å². The summed E-state index contributed by atoms with van der Waals surface area (Å²) in [4.78, 5) is 8.11. The number of benzene rings is 1. The Labute approximate surface area is 131 Å². The van der Waals surface area contributed by atoms with Crippen LogP contribution in [0.15, 0.2) is 59.9 Å². The number of anilines is 1. The summed E-state index contributed by atoms with van der Waals surface area (Å²) in [5.74, 6) is 0. The zero-order valence-electron chi connectivity index (χ0n) is 11.3. The third kappa shape index (κ3) is 3.88. The van der Waals surface area contributed by atoms with E-state index in [9.17, 15) is 0 Å². The summed E-state index contributed by atoms with van der Waals surface area (Å²) >= 11 is 3.43. The first-order chi connectivity index (χ1) is 10.3. The summed E-state index contributed by atoms with van der Waals surface area (Å²) < 4.78 is 2.79. The van der Waals surface area contributed by atoms with Crippen molar-refractivity contribution in [3.63, 3.8) is 0 Å². The lowest BCUT2D eigenvalue weighted by Gasteiger charge is -2.09. The molecule has 0 saturated heterocycles. The van der Waals surface area contributed by atoms with E-state index in [1.54, 1.807) is 23.5 Å². The maximum Gasteiger partial charge on any atom is 0.137 e. The number of rotatable bonds is 5. The van der Waals surface area contributed by atoms with E-state index in [0.717, 1.165) is 22.3 Å². The van der Waals surface area contributed by atoms with Crippen LogP contribution < -0.4 is 5.32 Å². The average Bonchev–Trinajstić information content (AvgIpc) is 2.99. The molecule has 106 valence electrons. The molecule has 3 aromatic rings. The summed E-state index contributed by atoms with van der Waals surface area (Å²) in [5, 5.41) is 7.52. The number of nitrogens with one attached hydrogen (secondary N) is 1. The summed E-state index contributed by atoms with van der Waals surface area (Å²) in [5.41, 5.74) is 3.39. The van der Waals surface area contributed by atoms with Gasteiger partial charge in [-0.2, -0.15) is 5.10 Å². The van der Waals surface area contributed by atoms with Crippen molar-refractivity contribution in [3.05, 3.63) is 71.0 Å². The fourth-order valence-electron chi connectivity index (χ4n) is 2.04. The lowest BCUT2D eigenvalue weighted by atomic mass is 10.2. The summed E-state index contributed by atoms with van der Waals surface area (Å²) in [6, 6.07) is 10.3. The summed E-state index contributed by atoms with van der Waals surface area (Å²) in [6.45, 7) is 1.45. The Hall–Kier alpha value is -2.21. The monoisotopic (exact) mass is 343 g/mol. The molecule has 0 saturated carbocycles. The second kappa shape index (κ2) is 6.49. The average molecular weight is 344 g/mol. The van der Waals surface area contributed by atoms with Gasteiger partial charge in [0, 0.05) is 29.1 Å².